The standard InChI is InChI=1S/C14H14N4.2C2H6/c1-3-11-5-4-6-12(17-11)14-10(2)16-13-9-15-7-8-18(13)14;2*1-2/h4-9H,3H2,1-2H3;2*1-2H3. The van der Waals surface area contributed by atoms with Crippen molar-refractivity contribution in [1.29, 1.82) is 0 Å². The van der Waals surface area contributed by atoms with E-state index in [0.29, 0.717) is 0 Å². The summed E-state index contributed by atoms with van der Waals surface area (Å²) in [6.07, 6.45) is 6.39. The number of aryl methyl sites for hydroxylation is 2. The molecule has 0 aliphatic carbocycles. The molecule has 0 atom stereocenters. The fourth-order valence-corrected chi connectivity index (χ4v) is 2.14. The molecule has 3 aromatic rings. The minimum absolute atomic E-state index is 0.855. The molecule has 22 heavy (non-hydrogen) atoms. The molecule has 0 radical (unpaired) electrons. The van der Waals surface area contributed by atoms with Crippen LogP contribution in [0.3, 0.4) is 0 Å². The normalized spacial score (nSPS) is 9.55. The summed E-state index contributed by atoms with van der Waals surface area (Å²) in [4.78, 5) is 13.3. The van der Waals surface area contributed by atoms with Gasteiger partial charge in [0.1, 0.15) is 0 Å². The first kappa shape index (κ1) is 17.8. The molecule has 0 saturated carbocycles. The summed E-state index contributed by atoms with van der Waals surface area (Å²) in [7, 11) is 0. The van der Waals surface area contributed by atoms with Crippen molar-refractivity contribution in [3.63, 3.8) is 0 Å². The van der Waals surface area contributed by atoms with E-state index in [2.05, 4.69) is 21.9 Å². The van der Waals surface area contributed by atoms with E-state index in [-0.39, 0.29) is 0 Å². The molecular formula is C18H26N4. The second-order valence-electron chi connectivity index (χ2n) is 4.22. The van der Waals surface area contributed by atoms with Gasteiger partial charge in [-0.25, -0.2) is 4.98 Å². The summed E-state index contributed by atoms with van der Waals surface area (Å²) in [5.74, 6) is 0. The van der Waals surface area contributed by atoms with Crippen LogP contribution < -0.4 is 0 Å². The van der Waals surface area contributed by atoms with Gasteiger partial charge in [-0.05, 0) is 25.5 Å². The molecule has 0 amide bonds. The number of hydrogen-bond donors (Lipinski definition) is 0. The zero-order valence-electron chi connectivity index (χ0n) is 14.5. The topological polar surface area (TPSA) is 43.1 Å². The Morgan fingerprint density at radius 1 is 1.05 bits per heavy atom. The highest BCUT2D eigenvalue weighted by molar-refractivity contribution is 5.63. The van der Waals surface area contributed by atoms with Crippen molar-refractivity contribution in [3.05, 3.63) is 48.2 Å². The predicted octanol–water partition coefficient (Wildman–Crippen LogP) is 4.71. The lowest BCUT2D eigenvalue weighted by Gasteiger charge is -2.04. The highest BCUT2D eigenvalue weighted by atomic mass is 15.0. The summed E-state index contributed by atoms with van der Waals surface area (Å²) in [5, 5.41) is 0. The van der Waals surface area contributed by atoms with Crippen LogP contribution >= 0.6 is 0 Å². The molecule has 0 saturated heterocycles. The van der Waals surface area contributed by atoms with Crippen molar-refractivity contribution in [2.45, 2.75) is 48.0 Å². The third-order valence-electron chi connectivity index (χ3n) is 3.02. The smallest absolute Gasteiger partial charge is 0.156 e. The van der Waals surface area contributed by atoms with E-state index in [1.807, 2.05) is 63.4 Å². The first-order chi connectivity index (χ1) is 10.8. The zero-order valence-corrected chi connectivity index (χ0v) is 14.5. The maximum atomic E-state index is 4.66. The quantitative estimate of drug-likeness (QED) is 0.688. The molecule has 0 N–H and O–H groups in total. The Morgan fingerprint density at radius 2 is 1.77 bits per heavy atom. The largest absolute Gasteiger partial charge is 0.295 e. The summed E-state index contributed by atoms with van der Waals surface area (Å²) >= 11 is 0. The van der Waals surface area contributed by atoms with E-state index in [9.17, 15) is 0 Å². The molecule has 0 aliphatic rings. The molecule has 0 aromatic carbocycles. The van der Waals surface area contributed by atoms with Crippen molar-refractivity contribution >= 4 is 5.65 Å². The average molecular weight is 298 g/mol. The van der Waals surface area contributed by atoms with Crippen LogP contribution in [0.25, 0.3) is 17.0 Å². The fourth-order valence-electron chi connectivity index (χ4n) is 2.14. The molecule has 0 fully saturated rings. The Labute approximate surface area is 133 Å². The van der Waals surface area contributed by atoms with Gasteiger partial charge in [-0.1, -0.05) is 40.7 Å². The van der Waals surface area contributed by atoms with Crippen molar-refractivity contribution in [1.82, 2.24) is 19.4 Å². The number of aromatic nitrogens is 4. The van der Waals surface area contributed by atoms with Gasteiger partial charge in [-0.2, -0.15) is 0 Å². The monoisotopic (exact) mass is 298 g/mol. The summed E-state index contributed by atoms with van der Waals surface area (Å²) in [6.45, 7) is 12.1. The molecule has 0 bridgehead atoms. The maximum absolute atomic E-state index is 4.66. The number of nitrogens with zero attached hydrogens (tertiary/aromatic N) is 4. The Hall–Kier alpha value is -2.23. The number of rotatable bonds is 2. The van der Waals surface area contributed by atoms with Crippen molar-refractivity contribution in [2.75, 3.05) is 0 Å². The lowest BCUT2D eigenvalue weighted by molar-refractivity contribution is 1.03. The van der Waals surface area contributed by atoms with E-state index in [1.165, 1.54) is 0 Å². The molecule has 3 heterocycles. The Morgan fingerprint density at radius 3 is 2.45 bits per heavy atom. The molecule has 3 rings (SSSR count). The van der Waals surface area contributed by atoms with E-state index in [1.54, 1.807) is 12.4 Å². The molecular weight excluding hydrogens is 272 g/mol. The average Bonchev–Trinajstić information content (AvgIpc) is 2.94. The second kappa shape index (κ2) is 8.93. The zero-order chi connectivity index (χ0) is 16.5. The minimum Gasteiger partial charge on any atom is -0.295 e. The number of fused-ring (bicyclic) bond motifs is 1. The third kappa shape index (κ3) is 3.70. The van der Waals surface area contributed by atoms with E-state index in [4.69, 9.17) is 0 Å². The number of hydrogen-bond acceptors (Lipinski definition) is 3. The molecule has 4 nitrogen and oxygen atoms in total. The Balaban J connectivity index is 0.000000561. The second-order valence-corrected chi connectivity index (χ2v) is 4.22. The van der Waals surface area contributed by atoms with Gasteiger partial charge in [0.05, 0.1) is 23.3 Å². The Kier molecular flexibility index (Phi) is 7.23. The summed E-state index contributed by atoms with van der Waals surface area (Å²) in [5.41, 5.74) is 4.93. The minimum atomic E-state index is 0.855. The van der Waals surface area contributed by atoms with Crippen LogP contribution in [0.2, 0.25) is 0 Å². The maximum Gasteiger partial charge on any atom is 0.156 e. The van der Waals surface area contributed by atoms with Crippen molar-refractivity contribution < 1.29 is 0 Å². The SMILES string of the molecule is CC.CC.CCc1cccc(-c2c(C)nc3cnccn23)n1. The number of pyridine rings is 1. The van der Waals surface area contributed by atoms with E-state index >= 15 is 0 Å². The van der Waals surface area contributed by atoms with Crippen molar-refractivity contribution in [3.8, 4) is 11.4 Å². The molecule has 0 aliphatic heterocycles. The van der Waals surface area contributed by atoms with Crippen LogP contribution in [0.5, 0.6) is 0 Å². The van der Waals surface area contributed by atoms with Crippen LogP contribution in [0.15, 0.2) is 36.8 Å². The molecule has 4 heteroatoms. The molecule has 0 unspecified atom stereocenters. The fraction of sp³-hybridized carbons (Fsp3) is 0.389. The highest BCUT2D eigenvalue weighted by Gasteiger charge is 2.11. The van der Waals surface area contributed by atoms with Crippen LogP contribution in [0.1, 0.15) is 46.0 Å². The van der Waals surface area contributed by atoms with Gasteiger partial charge in [-0.3, -0.25) is 14.4 Å². The van der Waals surface area contributed by atoms with Crippen LogP contribution in [0.4, 0.5) is 0 Å². The van der Waals surface area contributed by atoms with Gasteiger partial charge in [0.2, 0.25) is 0 Å². The van der Waals surface area contributed by atoms with Crippen LogP contribution in [0, 0.1) is 6.92 Å². The van der Waals surface area contributed by atoms with Crippen LogP contribution in [-0.4, -0.2) is 19.4 Å². The van der Waals surface area contributed by atoms with Crippen LogP contribution in [-0.2, 0) is 6.42 Å². The summed E-state index contributed by atoms with van der Waals surface area (Å²) < 4.78 is 2.03. The lowest BCUT2D eigenvalue weighted by Crippen LogP contribution is -1.94. The lowest BCUT2D eigenvalue weighted by atomic mass is 10.2. The predicted molar refractivity (Wildman–Crippen MR) is 93.0 cm³/mol. The number of imidazole rings is 1. The molecule has 3 aromatic heterocycles. The third-order valence-corrected chi connectivity index (χ3v) is 3.02. The van der Waals surface area contributed by atoms with Gasteiger partial charge >= 0.3 is 0 Å². The first-order valence-electron chi connectivity index (χ1n) is 8.04. The highest BCUT2D eigenvalue weighted by Crippen LogP contribution is 2.22. The first-order valence-corrected chi connectivity index (χ1v) is 8.04. The van der Waals surface area contributed by atoms with E-state index in [0.717, 1.165) is 34.8 Å². The van der Waals surface area contributed by atoms with Gasteiger partial charge in [0.25, 0.3) is 0 Å². The summed E-state index contributed by atoms with van der Waals surface area (Å²) in [6, 6.07) is 6.11. The van der Waals surface area contributed by atoms with Gasteiger partial charge in [0.15, 0.2) is 5.65 Å². The Bertz CT molecular complexity index is 701. The van der Waals surface area contributed by atoms with Gasteiger partial charge in [-0.15, -0.1) is 0 Å². The molecule has 0 spiro atoms. The van der Waals surface area contributed by atoms with Gasteiger partial charge in [0, 0.05) is 18.1 Å². The van der Waals surface area contributed by atoms with Gasteiger partial charge < -0.3 is 0 Å². The van der Waals surface area contributed by atoms with Crippen molar-refractivity contribution in [2.24, 2.45) is 0 Å². The van der Waals surface area contributed by atoms with E-state index < -0.39 is 0 Å². The molecule has 118 valence electrons.